The number of methoxy groups -OCH3 is 1. The van der Waals surface area contributed by atoms with Crippen molar-refractivity contribution in [1.82, 2.24) is 20.2 Å². The summed E-state index contributed by atoms with van der Waals surface area (Å²) in [5.41, 5.74) is 4.89. The molecule has 1 aromatic heterocycles. The third-order valence-corrected chi connectivity index (χ3v) is 6.96. The molecule has 7 nitrogen and oxygen atoms in total. The monoisotopic (exact) mass is 459 g/mol. The van der Waals surface area contributed by atoms with Crippen LogP contribution in [0, 0.1) is 6.92 Å². The number of nitrogens with one attached hydrogen (secondary N) is 1. The molecule has 2 heterocycles. The minimum absolute atomic E-state index is 0.00649. The summed E-state index contributed by atoms with van der Waals surface area (Å²) in [6, 6.07) is 12.5. The van der Waals surface area contributed by atoms with Crippen molar-refractivity contribution in [3.8, 4) is 11.1 Å². The highest BCUT2D eigenvalue weighted by atomic mass is 16.5. The standard InChI is InChI=1S/C27H33N5O2/c1-18-6-7-20(26(33)29-22-9-10-22)16-23(18)19-8-11-24-21(15-19)17-28-27(30-24)31(2)25-5-4-12-32(25)13-14-34-3/h6-8,11,15-17,22,25H,4-5,9-10,12-14H2,1-3H3,(H,29,33)/t25-/m0/s1. The maximum atomic E-state index is 12.5. The van der Waals surface area contributed by atoms with Gasteiger partial charge in [-0.05, 0) is 73.6 Å². The maximum absolute atomic E-state index is 12.5. The number of benzene rings is 2. The number of aryl methyl sites for hydroxylation is 1. The number of anilines is 1. The molecule has 0 bridgehead atoms. The van der Waals surface area contributed by atoms with Crippen LogP contribution in [0.15, 0.2) is 42.6 Å². The number of hydrogen-bond acceptors (Lipinski definition) is 6. The van der Waals surface area contributed by atoms with Crippen molar-refractivity contribution >= 4 is 22.8 Å². The van der Waals surface area contributed by atoms with Crippen LogP contribution in [0.5, 0.6) is 0 Å². The van der Waals surface area contributed by atoms with Crippen molar-refractivity contribution in [1.29, 1.82) is 0 Å². The topological polar surface area (TPSA) is 70.6 Å². The molecule has 1 aliphatic carbocycles. The number of likely N-dealkylation sites (tertiary alicyclic amines) is 1. The Morgan fingerprint density at radius 1 is 1.21 bits per heavy atom. The Labute approximate surface area is 201 Å². The van der Waals surface area contributed by atoms with Crippen LogP contribution >= 0.6 is 0 Å². The first kappa shape index (κ1) is 22.7. The largest absolute Gasteiger partial charge is 0.383 e. The van der Waals surface area contributed by atoms with Crippen molar-refractivity contribution in [3.05, 3.63) is 53.7 Å². The molecule has 178 valence electrons. The fourth-order valence-electron chi connectivity index (χ4n) is 4.78. The SMILES string of the molecule is COCCN1CCC[C@H]1N(C)c1ncc2cc(-c3cc(C(=O)NC4CC4)ccc3C)ccc2n1. The molecule has 2 aromatic carbocycles. The van der Waals surface area contributed by atoms with E-state index in [2.05, 4.69) is 47.3 Å². The summed E-state index contributed by atoms with van der Waals surface area (Å²) >= 11 is 0. The molecule has 1 saturated carbocycles. The first-order valence-electron chi connectivity index (χ1n) is 12.2. The fourth-order valence-corrected chi connectivity index (χ4v) is 4.78. The summed E-state index contributed by atoms with van der Waals surface area (Å²) in [5, 5.41) is 4.07. The van der Waals surface area contributed by atoms with Crippen LogP contribution < -0.4 is 10.2 Å². The number of carbonyl (C=O) groups is 1. The van der Waals surface area contributed by atoms with Gasteiger partial charge in [-0.3, -0.25) is 9.69 Å². The number of carbonyl (C=O) groups excluding carboxylic acids is 1. The predicted molar refractivity (Wildman–Crippen MR) is 135 cm³/mol. The van der Waals surface area contributed by atoms with Crippen LogP contribution in [0.3, 0.4) is 0 Å². The Hall–Kier alpha value is -3.03. The van der Waals surface area contributed by atoms with E-state index in [0.29, 0.717) is 17.8 Å². The molecule has 3 aromatic rings. The van der Waals surface area contributed by atoms with Crippen LogP contribution in [-0.4, -0.2) is 66.8 Å². The zero-order valence-corrected chi connectivity index (χ0v) is 20.3. The molecular formula is C27H33N5O2. The van der Waals surface area contributed by atoms with E-state index in [4.69, 9.17) is 14.7 Å². The van der Waals surface area contributed by atoms with Crippen molar-refractivity contribution in [2.24, 2.45) is 0 Å². The zero-order valence-electron chi connectivity index (χ0n) is 20.3. The fraction of sp³-hybridized carbons (Fsp3) is 0.444. The predicted octanol–water partition coefficient (Wildman–Crippen LogP) is 4.00. The number of amides is 1. The lowest BCUT2D eigenvalue weighted by molar-refractivity contribution is 0.0951. The van der Waals surface area contributed by atoms with Gasteiger partial charge in [-0.15, -0.1) is 0 Å². The van der Waals surface area contributed by atoms with E-state index >= 15 is 0 Å². The Morgan fingerprint density at radius 3 is 2.85 bits per heavy atom. The van der Waals surface area contributed by atoms with Gasteiger partial charge in [0.2, 0.25) is 5.95 Å². The Kier molecular flexibility index (Phi) is 6.48. The van der Waals surface area contributed by atoms with E-state index < -0.39 is 0 Å². The molecule has 1 amide bonds. The van der Waals surface area contributed by atoms with E-state index in [1.807, 2.05) is 24.4 Å². The average Bonchev–Trinajstić information content (AvgIpc) is 3.55. The van der Waals surface area contributed by atoms with Crippen molar-refractivity contribution in [3.63, 3.8) is 0 Å². The summed E-state index contributed by atoms with van der Waals surface area (Å²) in [4.78, 5) is 26.7. The Balaban J connectivity index is 1.39. The van der Waals surface area contributed by atoms with Crippen LogP contribution in [-0.2, 0) is 4.74 Å². The molecule has 0 unspecified atom stereocenters. The second-order valence-electron chi connectivity index (χ2n) is 9.48. The summed E-state index contributed by atoms with van der Waals surface area (Å²) in [6.07, 6.45) is 6.64. The van der Waals surface area contributed by atoms with Crippen molar-refractivity contribution < 1.29 is 9.53 Å². The number of nitrogens with zero attached hydrogens (tertiary/aromatic N) is 4. The van der Waals surface area contributed by atoms with Gasteiger partial charge in [0.05, 0.1) is 18.3 Å². The molecule has 1 N–H and O–H groups in total. The van der Waals surface area contributed by atoms with E-state index in [0.717, 1.165) is 72.5 Å². The second kappa shape index (κ2) is 9.68. The average molecular weight is 460 g/mol. The number of fused-ring (bicyclic) bond motifs is 1. The number of hydrogen-bond donors (Lipinski definition) is 1. The first-order chi connectivity index (χ1) is 16.5. The van der Waals surface area contributed by atoms with Crippen molar-refractivity contribution in [2.75, 3.05) is 38.8 Å². The summed E-state index contributed by atoms with van der Waals surface area (Å²) in [5.74, 6) is 0.747. The van der Waals surface area contributed by atoms with Gasteiger partial charge in [0, 0.05) is 50.4 Å². The minimum atomic E-state index is 0.00649. The second-order valence-corrected chi connectivity index (χ2v) is 9.48. The maximum Gasteiger partial charge on any atom is 0.251 e. The van der Waals surface area contributed by atoms with Gasteiger partial charge in [-0.1, -0.05) is 12.1 Å². The molecule has 1 saturated heterocycles. The van der Waals surface area contributed by atoms with Gasteiger partial charge >= 0.3 is 0 Å². The van der Waals surface area contributed by atoms with Crippen molar-refractivity contribution in [2.45, 2.75) is 44.8 Å². The lowest BCUT2D eigenvalue weighted by Gasteiger charge is -2.32. The number of ether oxygens (including phenoxy) is 1. The third-order valence-electron chi connectivity index (χ3n) is 6.96. The molecule has 7 heteroatoms. The smallest absolute Gasteiger partial charge is 0.251 e. The lowest BCUT2D eigenvalue weighted by Crippen LogP contribution is -2.44. The molecule has 2 aliphatic rings. The molecular weight excluding hydrogens is 426 g/mol. The Morgan fingerprint density at radius 2 is 2.06 bits per heavy atom. The highest BCUT2D eigenvalue weighted by Gasteiger charge is 2.29. The quantitative estimate of drug-likeness (QED) is 0.549. The molecule has 34 heavy (non-hydrogen) atoms. The van der Waals surface area contributed by atoms with Gasteiger partial charge in [-0.2, -0.15) is 0 Å². The highest BCUT2D eigenvalue weighted by Crippen LogP contribution is 2.29. The lowest BCUT2D eigenvalue weighted by atomic mass is 9.97. The van der Waals surface area contributed by atoms with E-state index in [1.54, 1.807) is 7.11 Å². The highest BCUT2D eigenvalue weighted by molar-refractivity contribution is 5.96. The number of rotatable bonds is 8. The van der Waals surface area contributed by atoms with E-state index in [1.165, 1.54) is 6.42 Å². The molecule has 5 rings (SSSR count). The van der Waals surface area contributed by atoms with Crippen LogP contribution in [0.4, 0.5) is 5.95 Å². The van der Waals surface area contributed by atoms with E-state index in [-0.39, 0.29) is 5.91 Å². The molecule has 0 spiro atoms. The van der Waals surface area contributed by atoms with Gasteiger partial charge in [0.15, 0.2) is 0 Å². The Bertz CT molecular complexity index is 1190. The minimum Gasteiger partial charge on any atom is -0.383 e. The van der Waals surface area contributed by atoms with Gasteiger partial charge in [0.1, 0.15) is 0 Å². The molecule has 0 radical (unpaired) electrons. The normalized spacial score (nSPS) is 18.4. The molecule has 2 fully saturated rings. The molecule has 1 aliphatic heterocycles. The van der Waals surface area contributed by atoms with Gasteiger partial charge in [-0.25, -0.2) is 9.97 Å². The summed E-state index contributed by atoms with van der Waals surface area (Å²) in [7, 11) is 3.82. The van der Waals surface area contributed by atoms with Gasteiger partial charge in [0.25, 0.3) is 5.91 Å². The third kappa shape index (κ3) is 4.76. The van der Waals surface area contributed by atoms with E-state index in [9.17, 15) is 4.79 Å². The zero-order chi connectivity index (χ0) is 23.7. The first-order valence-corrected chi connectivity index (χ1v) is 12.2. The van der Waals surface area contributed by atoms with Crippen LogP contribution in [0.2, 0.25) is 0 Å². The molecule has 1 atom stereocenters. The van der Waals surface area contributed by atoms with Crippen LogP contribution in [0.1, 0.15) is 41.6 Å². The summed E-state index contributed by atoms with van der Waals surface area (Å²) in [6.45, 7) is 4.80. The summed E-state index contributed by atoms with van der Waals surface area (Å²) < 4.78 is 5.28. The van der Waals surface area contributed by atoms with Crippen LogP contribution in [0.25, 0.3) is 22.0 Å². The number of aromatic nitrogens is 2. The van der Waals surface area contributed by atoms with Gasteiger partial charge < -0.3 is 15.0 Å².